The summed E-state index contributed by atoms with van der Waals surface area (Å²) in [5.74, 6) is 0. The average Bonchev–Trinajstić information content (AvgIpc) is 0.811. The molecule has 0 radical (unpaired) electrons. The van der Waals surface area contributed by atoms with Crippen molar-refractivity contribution in [3.8, 4) is 101 Å². The van der Waals surface area contributed by atoms with Crippen molar-refractivity contribution < 1.29 is 65.5 Å². The van der Waals surface area contributed by atoms with Crippen LogP contribution < -0.4 is 13.7 Å². The summed E-state index contributed by atoms with van der Waals surface area (Å²) < 4.78 is 125. The molecule has 0 aliphatic rings. The SMILES string of the molecule is F[B-](F)(F)F.F[B-](F)(F)F.F[B-](F)(F)F.c1ccc(-c2cc(-c3ccccc3)[n+](CCN(CC[n+]3c(-c4ccccc4)cc(-c4ccccc4)cc3-c3ccccc3)CC[n+]3c(-c4ccccc4)cc(-c4ccccc4)cc3-c3ccccc3)c(-c3ccccc3)c2)cc1. The maximum atomic E-state index is 9.75. The maximum absolute atomic E-state index is 9.75. The van der Waals surface area contributed by atoms with Crippen molar-refractivity contribution in [3.63, 3.8) is 0 Å². The quantitative estimate of drug-likeness (QED) is 0.0475. The van der Waals surface area contributed by atoms with Crippen LogP contribution in [0.25, 0.3) is 101 Å². The van der Waals surface area contributed by atoms with E-state index in [1.165, 1.54) is 101 Å². The molecular weight excluding hydrogens is 1220 g/mol. The van der Waals surface area contributed by atoms with Crippen LogP contribution in [0.5, 0.6) is 0 Å². The first-order valence-electron chi connectivity index (χ1n) is 30.3. The van der Waals surface area contributed by atoms with E-state index >= 15 is 0 Å². The van der Waals surface area contributed by atoms with Crippen molar-refractivity contribution >= 4 is 21.8 Å². The van der Waals surface area contributed by atoms with Crippen molar-refractivity contribution in [1.82, 2.24) is 4.90 Å². The summed E-state index contributed by atoms with van der Waals surface area (Å²) in [4.78, 5) is 2.71. The van der Waals surface area contributed by atoms with Gasteiger partial charge in [0.25, 0.3) is 0 Å². The first-order chi connectivity index (χ1) is 45.2. The Kier molecular flexibility index (Phi) is 23.4. The van der Waals surface area contributed by atoms with Gasteiger partial charge in [0.2, 0.25) is 34.2 Å². The highest BCUT2D eigenvalue weighted by Gasteiger charge is 2.30. The largest absolute Gasteiger partial charge is 0.673 e. The molecule has 94 heavy (non-hydrogen) atoms. The fraction of sp³-hybridized carbons (Fsp3) is 0.0800. The van der Waals surface area contributed by atoms with Gasteiger partial charge in [-0.1, -0.05) is 200 Å². The van der Waals surface area contributed by atoms with Crippen LogP contribution in [0.2, 0.25) is 0 Å². The van der Waals surface area contributed by atoms with Gasteiger partial charge in [-0.15, -0.1) is 0 Å². The van der Waals surface area contributed by atoms with E-state index in [1.54, 1.807) is 0 Å². The molecule has 0 spiro atoms. The van der Waals surface area contributed by atoms with Gasteiger partial charge in [0.15, 0.2) is 19.6 Å². The number of hydrogen-bond acceptors (Lipinski definition) is 1. The van der Waals surface area contributed by atoms with Crippen LogP contribution in [-0.4, -0.2) is 46.3 Å². The highest BCUT2D eigenvalue weighted by atomic mass is 19.5. The summed E-state index contributed by atoms with van der Waals surface area (Å²) >= 11 is 0. The van der Waals surface area contributed by atoms with E-state index in [0.29, 0.717) is 0 Å². The lowest BCUT2D eigenvalue weighted by atomic mass is 9.98. The van der Waals surface area contributed by atoms with Crippen molar-refractivity contribution in [1.29, 1.82) is 0 Å². The number of rotatable bonds is 18. The molecule has 3 heterocycles. The van der Waals surface area contributed by atoms with Crippen LogP contribution in [0.1, 0.15) is 0 Å². The molecule has 12 aromatic rings. The van der Waals surface area contributed by atoms with E-state index in [2.05, 4.69) is 328 Å². The van der Waals surface area contributed by atoms with Gasteiger partial charge >= 0.3 is 21.8 Å². The van der Waals surface area contributed by atoms with Crippen LogP contribution in [-0.2, 0) is 19.6 Å². The van der Waals surface area contributed by atoms with Crippen LogP contribution >= 0.6 is 0 Å². The molecule has 0 bridgehead atoms. The fourth-order valence-electron chi connectivity index (χ4n) is 11.1. The van der Waals surface area contributed by atoms with Gasteiger partial charge in [0.1, 0.15) is 0 Å². The van der Waals surface area contributed by atoms with E-state index in [9.17, 15) is 51.8 Å². The Bertz CT molecular complexity index is 3640. The molecule has 0 N–H and O–H groups in total. The Morgan fingerprint density at radius 1 is 0.191 bits per heavy atom. The molecule has 0 fully saturated rings. The Morgan fingerprint density at radius 3 is 0.457 bits per heavy atom. The van der Waals surface area contributed by atoms with E-state index in [-0.39, 0.29) is 0 Å². The number of nitrogens with zero attached hydrogens (tertiary/aromatic N) is 4. The predicted molar refractivity (Wildman–Crippen MR) is 356 cm³/mol. The Balaban J connectivity index is 0.000000626. The minimum absolute atomic E-state index is 0.757. The summed E-state index contributed by atoms with van der Waals surface area (Å²) in [6.45, 7) is 4.65. The molecule has 3 aromatic heterocycles. The first-order valence-corrected chi connectivity index (χ1v) is 30.3. The first kappa shape index (κ1) is 68.1. The third kappa shape index (κ3) is 20.6. The third-order valence-electron chi connectivity index (χ3n) is 15.2. The Labute approximate surface area is 539 Å². The molecule has 4 nitrogen and oxygen atoms in total. The van der Waals surface area contributed by atoms with E-state index in [0.717, 1.165) is 39.3 Å². The molecular formula is C75H63B3F12N4. The lowest BCUT2D eigenvalue weighted by Crippen LogP contribution is -2.51. The predicted octanol–water partition coefficient (Wildman–Crippen LogP) is 20.2. The van der Waals surface area contributed by atoms with Gasteiger partial charge in [-0.25, -0.2) is 0 Å². The second-order valence-corrected chi connectivity index (χ2v) is 21.6. The molecule has 0 unspecified atom stereocenters. The molecule has 9 aromatic carbocycles. The Morgan fingerprint density at radius 2 is 0.319 bits per heavy atom. The number of halogens is 12. The second-order valence-electron chi connectivity index (χ2n) is 21.6. The van der Waals surface area contributed by atoms with Crippen molar-refractivity contribution in [3.05, 3.63) is 309 Å². The number of aromatic nitrogens is 3. The fourth-order valence-corrected chi connectivity index (χ4v) is 11.1. The normalized spacial score (nSPS) is 11.3. The van der Waals surface area contributed by atoms with Gasteiger partial charge in [-0.05, 0) is 106 Å². The highest BCUT2D eigenvalue weighted by Crippen LogP contribution is 2.33. The molecule has 0 aliphatic carbocycles. The summed E-state index contributed by atoms with van der Waals surface area (Å²) in [6, 6.07) is 112. The van der Waals surface area contributed by atoms with Crippen LogP contribution in [0, 0.1) is 0 Å². The Hall–Kier alpha value is -10.3. The number of hydrogen-bond donors (Lipinski definition) is 0. The van der Waals surface area contributed by atoms with Crippen LogP contribution in [0.15, 0.2) is 309 Å². The minimum atomic E-state index is -6.00. The summed E-state index contributed by atoms with van der Waals surface area (Å²) in [5.41, 5.74) is 21.4. The van der Waals surface area contributed by atoms with Gasteiger partial charge in [-0.3, -0.25) is 4.90 Å². The van der Waals surface area contributed by atoms with Crippen LogP contribution in [0.4, 0.5) is 51.8 Å². The summed E-state index contributed by atoms with van der Waals surface area (Å²) in [7, 11) is -18.0. The number of pyridine rings is 3. The second kappa shape index (κ2) is 32.3. The van der Waals surface area contributed by atoms with Gasteiger partial charge in [0.05, 0.1) is 19.6 Å². The maximum Gasteiger partial charge on any atom is 0.673 e. The monoisotopic (exact) mass is 1280 g/mol. The van der Waals surface area contributed by atoms with E-state index in [4.69, 9.17) is 0 Å². The molecule has 0 saturated carbocycles. The molecule has 19 heteroatoms. The summed E-state index contributed by atoms with van der Waals surface area (Å²) in [5, 5.41) is 0. The van der Waals surface area contributed by atoms with E-state index < -0.39 is 21.8 Å². The van der Waals surface area contributed by atoms with Crippen molar-refractivity contribution in [2.24, 2.45) is 0 Å². The highest BCUT2D eigenvalue weighted by molar-refractivity contribution is 6.50. The smallest absolute Gasteiger partial charge is 0.418 e. The minimum Gasteiger partial charge on any atom is -0.418 e. The standard InChI is InChI=1S/C75H63N4.3BF4/c1-10-28-58(29-11-1)67-52-70(61-34-16-4-17-35-61)77(71(53-67)62-36-18-5-19-37-62)49-46-76(47-50-78-72(63-38-20-6-21-39-63)54-68(59-30-12-2-13-31-59)55-73(78)64-40-22-7-23-41-64)48-51-79-74(65-42-24-8-25-43-65)56-69(60-32-14-3-15-33-60)57-75(79)66-44-26-9-27-45-66;3*2-1(3,4)5/h1-45,52-57H,46-51H2;;;/q+3;3*-1. The molecule has 0 aliphatic heterocycles. The molecule has 0 atom stereocenters. The molecule has 12 rings (SSSR count). The zero-order chi connectivity index (χ0) is 66.5. The van der Waals surface area contributed by atoms with Crippen molar-refractivity contribution in [2.75, 3.05) is 19.6 Å². The molecule has 0 amide bonds. The molecule has 476 valence electrons. The van der Waals surface area contributed by atoms with Gasteiger partial charge in [-0.2, -0.15) is 13.7 Å². The van der Waals surface area contributed by atoms with Crippen LogP contribution in [0.3, 0.4) is 0 Å². The molecule has 0 saturated heterocycles. The third-order valence-corrected chi connectivity index (χ3v) is 15.2. The van der Waals surface area contributed by atoms with Gasteiger partial charge in [0, 0.05) is 69.8 Å². The van der Waals surface area contributed by atoms with E-state index in [1.807, 2.05) is 0 Å². The summed E-state index contributed by atoms with van der Waals surface area (Å²) in [6.07, 6.45) is 0. The zero-order valence-electron chi connectivity index (χ0n) is 50.7. The lowest BCUT2D eigenvalue weighted by molar-refractivity contribution is -0.685. The average molecular weight is 1280 g/mol. The zero-order valence-corrected chi connectivity index (χ0v) is 50.7. The van der Waals surface area contributed by atoms with Crippen molar-refractivity contribution in [2.45, 2.75) is 19.6 Å². The lowest BCUT2D eigenvalue weighted by Gasteiger charge is -2.22. The topological polar surface area (TPSA) is 14.9 Å². The number of benzene rings is 9. The van der Waals surface area contributed by atoms with Gasteiger partial charge < -0.3 is 51.8 Å².